The predicted octanol–water partition coefficient (Wildman–Crippen LogP) is 7.36. The molecule has 1 nitrogen and oxygen atoms in total. The van der Waals surface area contributed by atoms with Crippen LogP contribution in [0, 0.1) is 34.9 Å². The molecule has 2 aliphatic rings. The first-order valence-electron chi connectivity index (χ1n) is 10.9. The summed E-state index contributed by atoms with van der Waals surface area (Å²) in [4.78, 5) is 0. The van der Waals surface area contributed by atoms with E-state index in [0.29, 0.717) is 5.92 Å². The summed E-state index contributed by atoms with van der Waals surface area (Å²) >= 11 is 0. The predicted molar refractivity (Wildman–Crippen MR) is 105 cm³/mol. The molecule has 0 aromatic heterocycles. The zero-order valence-electron chi connectivity index (χ0n) is 16.4. The lowest BCUT2D eigenvalue weighted by Crippen LogP contribution is -2.18. The monoisotopic (exact) mass is 355 g/mol. The summed E-state index contributed by atoms with van der Waals surface area (Å²) in [5, 5.41) is 9.27. The summed E-state index contributed by atoms with van der Waals surface area (Å²) in [5.74, 6) is 2.84. The van der Waals surface area contributed by atoms with E-state index in [9.17, 15) is 9.65 Å². The molecule has 26 heavy (non-hydrogen) atoms. The third kappa shape index (κ3) is 4.87. The Labute approximate surface area is 159 Å². The van der Waals surface area contributed by atoms with Gasteiger partial charge in [-0.15, -0.1) is 0 Å². The van der Waals surface area contributed by atoms with Crippen LogP contribution in [0.4, 0.5) is 4.39 Å². The second-order valence-corrected chi connectivity index (χ2v) is 8.79. The third-order valence-electron chi connectivity index (χ3n) is 7.09. The van der Waals surface area contributed by atoms with Crippen molar-refractivity contribution < 1.29 is 4.39 Å². The van der Waals surface area contributed by atoms with Gasteiger partial charge in [-0.25, -0.2) is 4.39 Å². The van der Waals surface area contributed by atoms with E-state index in [-0.39, 0.29) is 11.4 Å². The fourth-order valence-electron chi connectivity index (χ4n) is 5.45. The molecule has 2 aliphatic carbocycles. The number of halogens is 1. The topological polar surface area (TPSA) is 23.8 Å². The van der Waals surface area contributed by atoms with Crippen LogP contribution in [-0.4, -0.2) is 0 Å². The lowest BCUT2D eigenvalue weighted by atomic mass is 9.73. The Kier molecular flexibility index (Phi) is 7.12. The van der Waals surface area contributed by atoms with E-state index in [1.54, 1.807) is 6.07 Å². The SMILES string of the molecule is CCC[C@H]1CC[C@H](CC[C@H]2CC[C@H](c3cccc(F)c3C#N)CC2)CC1. The number of hydrogen-bond acceptors (Lipinski definition) is 1. The molecule has 0 unspecified atom stereocenters. The Morgan fingerprint density at radius 2 is 1.42 bits per heavy atom. The van der Waals surface area contributed by atoms with Gasteiger partial charge in [0.1, 0.15) is 11.9 Å². The van der Waals surface area contributed by atoms with Crippen molar-refractivity contribution in [3.63, 3.8) is 0 Å². The van der Waals surface area contributed by atoms with E-state index in [2.05, 4.69) is 13.0 Å². The zero-order valence-corrected chi connectivity index (χ0v) is 16.4. The van der Waals surface area contributed by atoms with Gasteiger partial charge in [-0.3, -0.25) is 0 Å². The third-order valence-corrected chi connectivity index (χ3v) is 7.09. The van der Waals surface area contributed by atoms with Crippen molar-refractivity contribution in [3.05, 3.63) is 35.1 Å². The molecule has 3 rings (SSSR count). The van der Waals surface area contributed by atoms with Gasteiger partial charge in [0.25, 0.3) is 0 Å². The summed E-state index contributed by atoms with van der Waals surface area (Å²) in [5.41, 5.74) is 1.22. The average molecular weight is 356 g/mol. The molecule has 0 bridgehead atoms. The first-order chi connectivity index (χ1) is 12.7. The van der Waals surface area contributed by atoms with E-state index in [1.807, 2.05) is 6.07 Å². The molecule has 0 heterocycles. The molecular formula is C24H34FN. The van der Waals surface area contributed by atoms with Crippen LogP contribution in [0.2, 0.25) is 0 Å². The fraction of sp³-hybridized carbons (Fsp3) is 0.708. The number of nitriles is 1. The van der Waals surface area contributed by atoms with Gasteiger partial charge in [-0.1, -0.05) is 70.4 Å². The van der Waals surface area contributed by atoms with Crippen LogP contribution in [-0.2, 0) is 0 Å². The maximum Gasteiger partial charge on any atom is 0.141 e. The van der Waals surface area contributed by atoms with Gasteiger partial charge < -0.3 is 0 Å². The van der Waals surface area contributed by atoms with Crippen molar-refractivity contribution >= 4 is 0 Å². The Morgan fingerprint density at radius 1 is 0.885 bits per heavy atom. The molecule has 0 radical (unpaired) electrons. The summed E-state index contributed by atoms with van der Waals surface area (Å²) in [6.07, 6.45) is 16.1. The molecule has 2 saturated carbocycles. The smallest absolute Gasteiger partial charge is 0.141 e. The van der Waals surface area contributed by atoms with Crippen LogP contribution in [0.3, 0.4) is 0 Å². The van der Waals surface area contributed by atoms with E-state index in [0.717, 1.165) is 36.2 Å². The molecule has 1 aromatic carbocycles. The second kappa shape index (κ2) is 9.54. The molecule has 2 heteroatoms. The minimum atomic E-state index is -0.356. The van der Waals surface area contributed by atoms with E-state index < -0.39 is 0 Å². The molecule has 142 valence electrons. The molecule has 0 N–H and O–H groups in total. The molecular weight excluding hydrogens is 321 g/mol. The Morgan fingerprint density at radius 3 is 1.96 bits per heavy atom. The zero-order chi connectivity index (χ0) is 18.4. The van der Waals surface area contributed by atoms with E-state index in [1.165, 1.54) is 70.3 Å². The lowest BCUT2D eigenvalue weighted by molar-refractivity contribution is 0.224. The number of benzene rings is 1. The summed E-state index contributed by atoms with van der Waals surface area (Å²) in [7, 11) is 0. The van der Waals surface area contributed by atoms with Crippen LogP contribution in [0.25, 0.3) is 0 Å². The minimum absolute atomic E-state index is 0.278. The van der Waals surface area contributed by atoms with Crippen molar-refractivity contribution in [2.45, 2.75) is 89.9 Å². The molecule has 0 saturated heterocycles. The summed E-state index contributed by atoms with van der Waals surface area (Å²) in [6.45, 7) is 2.31. The van der Waals surface area contributed by atoms with Gasteiger partial charge in [0.05, 0.1) is 5.56 Å². The molecule has 0 atom stereocenters. The van der Waals surface area contributed by atoms with Crippen LogP contribution in [0.15, 0.2) is 18.2 Å². The first kappa shape index (κ1) is 19.4. The molecule has 2 fully saturated rings. The fourth-order valence-corrected chi connectivity index (χ4v) is 5.45. The first-order valence-corrected chi connectivity index (χ1v) is 10.9. The van der Waals surface area contributed by atoms with Crippen molar-refractivity contribution in [2.24, 2.45) is 17.8 Å². The standard InChI is InChI=1S/C24H34FN/c1-2-4-18-7-9-19(10-8-18)11-12-20-13-15-21(16-14-20)22-5-3-6-24(25)23(22)17-26/h3,5-6,18-21H,2,4,7-16H2,1H3/t18-,19-,20-,21-. The van der Waals surface area contributed by atoms with Gasteiger partial charge in [0.2, 0.25) is 0 Å². The number of nitrogens with zero attached hydrogens (tertiary/aromatic N) is 1. The highest BCUT2D eigenvalue weighted by Crippen LogP contribution is 2.41. The van der Waals surface area contributed by atoms with Gasteiger partial charge >= 0.3 is 0 Å². The summed E-state index contributed by atoms with van der Waals surface area (Å²) in [6, 6.07) is 7.20. The Balaban J connectivity index is 1.42. The molecule has 0 spiro atoms. The highest BCUT2D eigenvalue weighted by atomic mass is 19.1. The van der Waals surface area contributed by atoms with Crippen LogP contribution in [0.5, 0.6) is 0 Å². The molecule has 1 aromatic rings. The van der Waals surface area contributed by atoms with Gasteiger partial charge in [0.15, 0.2) is 0 Å². The number of rotatable bonds is 6. The van der Waals surface area contributed by atoms with Crippen LogP contribution in [0.1, 0.15) is 101 Å². The average Bonchev–Trinajstić information content (AvgIpc) is 2.68. The van der Waals surface area contributed by atoms with E-state index >= 15 is 0 Å². The lowest BCUT2D eigenvalue weighted by Gasteiger charge is -2.32. The van der Waals surface area contributed by atoms with Gasteiger partial charge in [-0.2, -0.15) is 5.26 Å². The van der Waals surface area contributed by atoms with Crippen molar-refractivity contribution in [1.29, 1.82) is 5.26 Å². The van der Waals surface area contributed by atoms with Gasteiger partial charge in [-0.05, 0) is 61.0 Å². The van der Waals surface area contributed by atoms with Crippen molar-refractivity contribution in [3.8, 4) is 6.07 Å². The summed E-state index contributed by atoms with van der Waals surface area (Å²) < 4.78 is 13.9. The van der Waals surface area contributed by atoms with E-state index in [4.69, 9.17) is 0 Å². The minimum Gasteiger partial charge on any atom is -0.206 e. The van der Waals surface area contributed by atoms with Gasteiger partial charge in [0, 0.05) is 0 Å². The van der Waals surface area contributed by atoms with Crippen LogP contribution < -0.4 is 0 Å². The number of hydrogen-bond donors (Lipinski definition) is 0. The maximum atomic E-state index is 13.9. The maximum absolute atomic E-state index is 13.9. The normalized spacial score (nSPS) is 29.3. The highest BCUT2D eigenvalue weighted by molar-refractivity contribution is 5.41. The second-order valence-electron chi connectivity index (χ2n) is 8.79. The Hall–Kier alpha value is -1.36. The largest absolute Gasteiger partial charge is 0.206 e. The van der Waals surface area contributed by atoms with Crippen molar-refractivity contribution in [2.75, 3.05) is 0 Å². The van der Waals surface area contributed by atoms with Crippen LogP contribution >= 0.6 is 0 Å². The Bertz CT molecular complexity index is 601. The molecule has 0 aliphatic heterocycles. The highest BCUT2D eigenvalue weighted by Gasteiger charge is 2.26. The van der Waals surface area contributed by atoms with Crippen molar-refractivity contribution in [1.82, 2.24) is 0 Å². The quantitative estimate of drug-likeness (QED) is 0.523. The molecule has 0 amide bonds.